The summed E-state index contributed by atoms with van der Waals surface area (Å²) < 4.78 is 5.23. The highest BCUT2D eigenvalue weighted by atomic mass is 16.5. The van der Waals surface area contributed by atoms with Crippen LogP contribution in [-0.2, 0) is 17.9 Å². The standard InChI is InChI=1S/C18H23N5O2/c24-18(20-11-16-21-17(22-25-16)14-4-5-14)15-3-1-2-10-23(15)12-13-6-8-19-9-7-13/h6-9,14-15H,1-5,10-12H2,(H,20,24)/t15-/m1/s1. The highest BCUT2D eigenvalue weighted by molar-refractivity contribution is 5.81. The van der Waals surface area contributed by atoms with Crippen molar-refractivity contribution in [2.75, 3.05) is 6.54 Å². The van der Waals surface area contributed by atoms with Crippen LogP contribution in [0.3, 0.4) is 0 Å². The summed E-state index contributed by atoms with van der Waals surface area (Å²) in [6.45, 7) is 2.01. The number of amides is 1. The Kier molecular flexibility index (Phi) is 4.74. The quantitative estimate of drug-likeness (QED) is 0.865. The van der Waals surface area contributed by atoms with Gasteiger partial charge in [-0.15, -0.1) is 0 Å². The smallest absolute Gasteiger partial charge is 0.246 e. The van der Waals surface area contributed by atoms with Crippen molar-refractivity contribution < 1.29 is 9.32 Å². The molecule has 2 fully saturated rings. The van der Waals surface area contributed by atoms with Gasteiger partial charge in [0, 0.05) is 24.9 Å². The lowest BCUT2D eigenvalue weighted by Gasteiger charge is -2.34. The first-order chi connectivity index (χ1) is 12.3. The van der Waals surface area contributed by atoms with E-state index in [1.807, 2.05) is 12.1 Å². The fraction of sp³-hybridized carbons (Fsp3) is 0.556. The Morgan fingerprint density at radius 2 is 2.08 bits per heavy atom. The molecule has 0 aromatic carbocycles. The molecule has 3 heterocycles. The van der Waals surface area contributed by atoms with Crippen LogP contribution in [0.5, 0.6) is 0 Å². The van der Waals surface area contributed by atoms with Crippen LogP contribution in [0, 0.1) is 0 Å². The Balaban J connectivity index is 1.34. The zero-order chi connectivity index (χ0) is 17.1. The maximum atomic E-state index is 12.7. The summed E-state index contributed by atoms with van der Waals surface area (Å²) in [5.74, 6) is 1.77. The summed E-state index contributed by atoms with van der Waals surface area (Å²) in [6, 6.07) is 3.90. The van der Waals surface area contributed by atoms with Crippen LogP contribution in [0.25, 0.3) is 0 Å². The largest absolute Gasteiger partial charge is 0.346 e. The third kappa shape index (κ3) is 4.04. The van der Waals surface area contributed by atoms with Crippen LogP contribution in [0.15, 0.2) is 29.0 Å². The minimum absolute atomic E-state index is 0.0416. The molecule has 2 aliphatic rings. The summed E-state index contributed by atoms with van der Waals surface area (Å²) in [4.78, 5) is 23.3. The van der Waals surface area contributed by atoms with Gasteiger partial charge in [-0.2, -0.15) is 4.98 Å². The second kappa shape index (κ2) is 7.31. The SMILES string of the molecule is O=C(NCc1nc(C2CC2)no1)[C@H]1CCCCN1Cc1ccncc1. The normalized spacial score (nSPS) is 21.2. The zero-order valence-electron chi connectivity index (χ0n) is 14.2. The first-order valence-electron chi connectivity index (χ1n) is 9.03. The van der Waals surface area contributed by atoms with E-state index < -0.39 is 0 Å². The maximum absolute atomic E-state index is 12.7. The van der Waals surface area contributed by atoms with Gasteiger partial charge < -0.3 is 9.84 Å². The molecule has 1 aliphatic carbocycles. The maximum Gasteiger partial charge on any atom is 0.246 e. The van der Waals surface area contributed by atoms with Gasteiger partial charge in [-0.05, 0) is 49.9 Å². The molecular formula is C18H23N5O2. The molecule has 0 bridgehead atoms. The molecule has 7 heteroatoms. The first kappa shape index (κ1) is 16.2. The number of nitrogens with one attached hydrogen (secondary N) is 1. The average Bonchev–Trinajstić information content (AvgIpc) is 3.39. The molecule has 1 N–H and O–H groups in total. The lowest BCUT2D eigenvalue weighted by Crippen LogP contribution is -2.48. The zero-order valence-corrected chi connectivity index (χ0v) is 14.2. The molecule has 1 saturated heterocycles. The van der Waals surface area contributed by atoms with Gasteiger partial charge in [0.1, 0.15) is 0 Å². The van der Waals surface area contributed by atoms with Gasteiger partial charge in [0.25, 0.3) is 0 Å². The molecule has 1 amide bonds. The number of rotatable bonds is 6. The third-order valence-corrected chi connectivity index (χ3v) is 4.89. The third-order valence-electron chi connectivity index (χ3n) is 4.89. The summed E-state index contributed by atoms with van der Waals surface area (Å²) in [6.07, 6.45) is 8.95. The van der Waals surface area contributed by atoms with E-state index in [0.29, 0.717) is 18.4 Å². The molecule has 2 aromatic heterocycles. The molecule has 2 aromatic rings. The number of pyridine rings is 1. The molecule has 4 rings (SSSR count). The summed E-state index contributed by atoms with van der Waals surface area (Å²) in [5.41, 5.74) is 1.18. The number of aromatic nitrogens is 3. The topological polar surface area (TPSA) is 84.2 Å². The van der Waals surface area contributed by atoms with Crippen LogP contribution >= 0.6 is 0 Å². The molecule has 7 nitrogen and oxygen atoms in total. The first-order valence-corrected chi connectivity index (χ1v) is 9.03. The molecule has 0 unspecified atom stereocenters. The second-order valence-electron chi connectivity index (χ2n) is 6.88. The van der Waals surface area contributed by atoms with Crippen molar-refractivity contribution in [3.05, 3.63) is 41.8 Å². The molecule has 25 heavy (non-hydrogen) atoms. The van der Waals surface area contributed by atoms with E-state index in [1.54, 1.807) is 12.4 Å². The molecule has 1 atom stereocenters. The summed E-state index contributed by atoms with van der Waals surface area (Å²) in [5, 5.41) is 6.95. The van der Waals surface area contributed by atoms with Crippen molar-refractivity contribution in [3.8, 4) is 0 Å². The van der Waals surface area contributed by atoms with Gasteiger partial charge in [-0.3, -0.25) is 14.7 Å². The van der Waals surface area contributed by atoms with Crippen molar-refractivity contribution in [2.24, 2.45) is 0 Å². The highest BCUT2D eigenvalue weighted by Gasteiger charge is 2.30. The van der Waals surface area contributed by atoms with E-state index in [1.165, 1.54) is 5.56 Å². The van der Waals surface area contributed by atoms with Gasteiger partial charge in [-0.1, -0.05) is 11.6 Å². The van der Waals surface area contributed by atoms with E-state index in [4.69, 9.17) is 4.52 Å². The van der Waals surface area contributed by atoms with E-state index in [-0.39, 0.29) is 11.9 Å². The molecule has 0 radical (unpaired) electrons. The van der Waals surface area contributed by atoms with Crippen LogP contribution < -0.4 is 5.32 Å². The minimum atomic E-state index is -0.104. The highest BCUT2D eigenvalue weighted by Crippen LogP contribution is 2.38. The molecular weight excluding hydrogens is 318 g/mol. The summed E-state index contributed by atoms with van der Waals surface area (Å²) in [7, 11) is 0. The van der Waals surface area contributed by atoms with Gasteiger partial charge in [-0.25, -0.2) is 0 Å². The molecule has 1 saturated carbocycles. The van der Waals surface area contributed by atoms with Crippen LogP contribution in [-0.4, -0.2) is 38.5 Å². The molecule has 0 spiro atoms. The predicted octanol–water partition coefficient (Wildman–Crippen LogP) is 2.01. The Bertz CT molecular complexity index is 713. The molecule has 132 valence electrons. The van der Waals surface area contributed by atoms with E-state index in [2.05, 4.69) is 25.3 Å². The monoisotopic (exact) mass is 341 g/mol. The number of nitrogens with zero attached hydrogens (tertiary/aromatic N) is 4. The Hall–Kier alpha value is -2.28. The van der Waals surface area contributed by atoms with Crippen molar-refractivity contribution >= 4 is 5.91 Å². The van der Waals surface area contributed by atoms with E-state index in [0.717, 1.165) is 51.0 Å². The van der Waals surface area contributed by atoms with Crippen LogP contribution in [0.2, 0.25) is 0 Å². The fourth-order valence-electron chi connectivity index (χ4n) is 3.33. The fourth-order valence-corrected chi connectivity index (χ4v) is 3.33. The van der Waals surface area contributed by atoms with Crippen molar-refractivity contribution in [1.82, 2.24) is 25.3 Å². The van der Waals surface area contributed by atoms with Gasteiger partial charge in [0.05, 0.1) is 12.6 Å². The predicted molar refractivity (Wildman–Crippen MR) is 90.4 cm³/mol. The number of hydrogen-bond donors (Lipinski definition) is 1. The van der Waals surface area contributed by atoms with Crippen LogP contribution in [0.1, 0.15) is 55.3 Å². The van der Waals surface area contributed by atoms with Gasteiger partial charge in [0.2, 0.25) is 11.8 Å². The lowest BCUT2D eigenvalue weighted by molar-refractivity contribution is -0.128. The Morgan fingerprint density at radius 3 is 2.88 bits per heavy atom. The van der Waals surface area contributed by atoms with E-state index in [9.17, 15) is 4.79 Å². The second-order valence-corrected chi connectivity index (χ2v) is 6.88. The van der Waals surface area contributed by atoms with Gasteiger partial charge >= 0.3 is 0 Å². The van der Waals surface area contributed by atoms with Crippen molar-refractivity contribution in [2.45, 2.75) is 57.2 Å². The Labute approximate surface area is 146 Å². The van der Waals surface area contributed by atoms with E-state index >= 15 is 0 Å². The minimum Gasteiger partial charge on any atom is -0.346 e. The number of piperidine rings is 1. The number of carbonyl (C=O) groups excluding carboxylic acids is 1. The number of carbonyl (C=O) groups is 1. The lowest BCUT2D eigenvalue weighted by atomic mass is 10.0. The number of hydrogen-bond acceptors (Lipinski definition) is 6. The van der Waals surface area contributed by atoms with Crippen molar-refractivity contribution in [1.29, 1.82) is 0 Å². The molecule has 1 aliphatic heterocycles. The Morgan fingerprint density at radius 1 is 1.24 bits per heavy atom. The van der Waals surface area contributed by atoms with Gasteiger partial charge in [0.15, 0.2) is 5.82 Å². The summed E-state index contributed by atoms with van der Waals surface area (Å²) >= 11 is 0. The van der Waals surface area contributed by atoms with Crippen molar-refractivity contribution in [3.63, 3.8) is 0 Å². The number of likely N-dealkylation sites (tertiary alicyclic amines) is 1. The van der Waals surface area contributed by atoms with Crippen LogP contribution in [0.4, 0.5) is 0 Å². The average molecular weight is 341 g/mol.